The maximum Gasteiger partial charge on any atom is 0.433 e. The molecule has 3 rings (SSSR count). The minimum atomic E-state index is -4.70. The quantitative estimate of drug-likeness (QED) is 0.546. The number of aromatic nitrogens is 3. The molecule has 0 aliphatic rings. The van der Waals surface area contributed by atoms with Gasteiger partial charge >= 0.3 is 6.18 Å². The topological polar surface area (TPSA) is 77.7 Å². The Kier molecular flexibility index (Phi) is 5.94. The van der Waals surface area contributed by atoms with Crippen LogP contribution in [0.2, 0.25) is 0 Å². The number of alkyl halides is 3. The molecule has 0 atom stereocenters. The van der Waals surface area contributed by atoms with E-state index in [2.05, 4.69) is 20.4 Å². The molecular weight excluding hydrogens is 413 g/mol. The molecule has 1 N–H and O–H groups in total. The van der Waals surface area contributed by atoms with Crippen LogP contribution in [0.15, 0.2) is 41.8 Å². The fourth-order valence-corrected chi connectivity index (χ4v) is 3.33. The second-order valence-corrected chi connectivity index (χ2v) is 8.57. The molecule has 0 aliphatic heterocycles. The highest BCUT2D eigenvalue weighted by atomic mass is 32.1. The number of rotatable bonds is 5. The van der Waals surface area contributed by atoms with Crippen LogP contribution in [-0.2, 0) is 6.18 Å². The van der Waals surface area contributed by atoms with E-state index in [1.807, 2.05) is 56.5 Å². The molecule has 156 valence electrons. The van der Waals surface area contributed by atoms with Crippen LogP contribution in [0.5, 0.6) is 0 Å². The van der Waals surface area contributed by atoms with Gasteiger partial charge in [0.2, 0.25) is 11.0 Å². The van der Waals surface area contributed by atoms with Crippen LogP contribution >= 0.6 is 11.3 Å². The molecule has 3 aromatic rings. The first-order chi connectivity index (χ1) is 14.0. The Morgan fingerprint density at radius 1 is 1.10 bits per heavy atom. The van der Waals surface area contributed by atoms with Gasteiger partial charge in [-0.05, 0) is 5.41 Å². The van der Waals surface area contributed by atoms with Gasteiger partial charge in [-0.2, -0.15) is 23.4 Å². The van der Waals surface area contributed by atoms with Gasteiger partial charge in [-0.15, -0.1) is 11.3 Å². The third-order valence-corrected chi connectivity index (χ3v) is 4.56. The molecule has 1 aromatic carbocycles. The Hall–Kier alpha value is -3.19. The summed E-state index contributed by atoms with van der Waals surface area (Å²) < 4.78 is 39.8. The second-order valence-electron chi connectivity index (χ2n) is 7.71. The molecular formula is C20H19F3N6S. The van der Waals surface area contributed by atoms with E-state index < -0.39 is 17.7 Å². The number of benzene rings is 1. The van der Waals surface area contributed by atoms with E-state index in [-0.39, 0.29) is 11.2 Å². The van der Waals surface area contributed by atoms with Crippen molar-refractivity contribution in [3.8, 4) is 17.3 Å². The molecule has 10 heteroatoms. The zero-order valence-electron chi connectivity index (χ0n) is 16.5. The van der Waals surface area contributed by atoms with Crippen molar-refractivity contribution in [3.63, 3.8) is 0 Å². The first kappa shape index (κ1) is 21.5. The maximum atomic E-state index is 13.3. The van der Waals surface area contributed by atoms with Gasteiger partial charge in [-0.25, -0.2) is 9.97 Å². The molecule has 0 saturated heterocycles. The van der Waals surface area contributed by atoms with Crippen LogP contribution in [0.3, 0.4) is 0 Å². The molecule has 0 aliphatic carbocycles. The second kappa shape index (κ2) is 8.28. The third kappa shape index (κ3) is 5.45. The van der Waals surface area contributed by atoms with Gasteiger partial charge in [0.05, 0.1) is 5.69 Å². The summed E-state index contributed by atoms with van der Waals surface area (Å²) in [5, 5.41) is 12.9. The van der Waals surface area contributed by atoms with Gasteiger partial charge < -0.3 is 0 Å². The van der Waals surface area contributed by atoms with Crippen LogP contribution in [0.4, 0.5) is 24.1 Å². The highest BCUT2D eigenvalue weighted by molar-refractivity contribution is 7.14. The number of nitriles is 1. The average Bonchev–Trinajstić information content (AvgIpc) is 3.14. The van der Waals surface area contributed by atoms with Crippen molar-refractivity contribution in [1.29, 1.82) is 5.26 Å². The molecule has 30 heavy (non-hydrogen) atoms. The number of nitrogens with zero attached hydrogens (tertiary/aromatic N) is 5. The molecule has 0 bridgehead atoms. The minimum Gasteiger partial charge on any atom is -0.272 e. The SMILES string of the molecule is CC(C)(C)CN(Nc1nc(-c2ccccc2)cs1)c1cc(C(F)(F)F)nc(C#N)n1. The average molecular weight is 432 g/mol. The Labute approximate surface area is 176 Å². The van der Waals surface area contributed by atoms with Crippen molar-refractivity contribution < 1.29 is 13.2 Å². The molecule has 0 radical (unpaired) electrons. The lowest BCUT2D eigenvalue weighted by atomic mass is 9.97. The predicted octanol–water partition coefficient (Wildman–Crippen LogP) is 5.37. The van der Waals surface area contributed by atoms with Crippen molar-refractivity contribution in [1.82, 2.24) is 15.0 Å². The lowest BCUT2D eigenvalue weighted by Gasteiger charge is -2.31. The third-order valence-electron chi connectivity index (χ3n) is 3.82. The largest absolute Gasteiger partial charge is 0.433 e. The molecule has 0 spiro atoms. The number of hydrogen-bond acceptors (Lipinski definition) is 7. The number of hydrazine groups is 1. The van der Waals surface area contributed by atoms with Crippen LogP contribution in [0.1, 0.15) is 32.3 Å². The summed E-state index contributed by atoms with van der Waals surface area (Å²) in [6.07, 6.45) is -4.70. The van der Waals surface area contributed by atoms with Crippen LogP contribution in [0.25, 0.3) is 11.3 Å². The van der Waals surface area contributed by atoms with Crippen LogP contribution in [0, 0.1) is 16.7 Å². The van der Waals surface area contributed by atoms with Gasteiger partial charge in [-0.1, -0.05) is 51.1 Å². The molecule has 6 nitrogen and oxygen atoms in total. The molecule has 2 aromatic heterocycles. The van der Waals surface area contributed by atoms with Gasteiger partial charge in [0.25, 0.3) is 0 Å². The van der Waals surface area contributed by atoms with Crippen LogP contribution in [-0.4, -0.2) is 21.5 Å². The first-order valence-corrected chi connectivity index (χ1v) is 9.85. The molecule has 0 amide bonds. The normalized spacial score (nSPS) is 11.8. The summed E-state index contributed by atoms with van der Waals surface area (Å²) in [6.45, 7) is 6.13. The standard InChI is InChI=1S/C20H19F3N6S/c1-19(2,3)12-29(17-9-15(20(21,22)23)26-16(10-24)27-17)28-18-25-14(11-30-18)13-7-5-4-6-8-13/h4-9,11H,12H2,1-3H3,(H,25,28). The van der Waals surface area contributed by atoms with E-state index in [1.165, 1.54) is 16.3 Å². The summed E-state index contributed by atoms with van der Waals surface area (Å²) in [5.74, 6) is -0.607. The summed E-state index contributed by atoms with van der Waals surface area (Å²) in [4.78, 5) is 11.8. The van der Waals surface area contributed by atoms with Crippen molar-refractivity contribution in [2.45, 2.75) is 26.9 Å². The molecule has 0 unspecified atom stereocenters. The van der Waals surface area contributed by atoms with Crippen molar-refractivity contribution in [3.05, 3.63) is 53.3 Å². The smallest absolute Gasteiger partial charge is 0.272 e. The van der Waals surface area contributed by atoms with Gasteiger partial charge in [0.15, 0.2) is 11.5 Å². The fourth-order valence-electron chi connectivity index (χ4n) is 2.60. The summed E-state index contributed by atoms with van der Waals surface area (Å²) in [5.41, 5.74) is 3.26. The van der Waals surface area contributed by atoms with E-state index >= 15 is 0 Å². The number of thiazole rings is 1. The zero-order valence-corrected chi connectivity index (χ0v) is 17.3. The van der Waals surface area contributed by atoms with E-state index in [4.69, 9.17) is 5.26 Å². The monoisotopic (exact) mass is 432 g/mol. The molecule has 2 heterocycles. The van der Waals surface area contributed by atoms with Gasteiger partial charge in [0.1, 0.15) is 6.07 Å². The number of nitrogens with one attached hydrogen (secondary N) is 1. The highest BCUT2D eigenvalue weighted by Gasteiger charge is 2.34. The van der Waals surface area contributed by atoms with Crippen molar-refractivity contribution in [2.24, 2.45) is 5.41 Å². The minimum absolute atomic E-state index is 0.0553. The van der Waals surface area contributed by atoms with Crippen LogP contribution < -0.4 is 10.4 Å². The van der Waals surface area contributed by atoms with Gasteiger partial charge in [-0.3, -0.25) is 10.4 Å². The Balaban J connectivity index is 1.97. The number of hydrogen-bond donors (Lipinski definition) is 1. The molecule has 0 fully saturated rings. The molecule has 0 saturated carbocycles. The Morgan fingerprint density at radius 2 is 1.80 bits per heavy atom. The van der Waals surface area contributed by atoms with E-state index in [1.54, 1.807) is 6.07 Å². The summed E-state index contributed by atoms with van der Waals surface area (Å²) in [6, 6.07) is 12.0. The lowest BCUT2D eigenvalue weighted by molar-refractivity contribution is -0.141. The zero-order chi connectivity index (χ0) is 21.9. The maximum absolute atomic E-state index is 13.3. The Morgan fingerprint density at radius 3 is 2.40 bits per heavy atom. The van der Waals surface area contributed by atoms with Crippen molar-refractivity contribution in [2.75, 3.05) is 17.0 Å². The Bertz CT molecular complexity index is 1050. The summed E-state index contributed by atoms with van der Waals surface area (Å²) >= 11 is 1.32. The highest BCUT2D eigenvalue weighted by Crippen LogP contribution is 2.31. The predicted molar refractivity (Wildman–Crippen MR) is 110 cm³/mol. The van der Waals surface area contributed by atoms with E-state index in [0.717, 1.165) is 17.3 Å². The summed E-state index contributed by atoms with van der Waals surface area (Å²) in [7, 11) is 0. The number of halogens is 3. The first-order valence-electron chi connectivity index (χ1n) is 8.97. The van der Waals surface area contributed by atoms with Crippen molar-refractivity contribution >= 4 is 22.3 Å². The van der Waals surface area contributed by atoms with Gasteiger partial charge in [0, 0.05) is 23.6 Å². The van der Waals surface area contributed by atoms with E-state index in [9.17, 15) is 13.2 Å². The lowest BCUT2D eigenvalue weighted by Crippen LogP contribution is -2.38. The fraction of sp³-hybridized carbons (Fsp3) is 0.300. The van der Waals surface area contributed by atoms with E-state index in [0.29, 0.717) is 11.7 Å². The number of anilines is 2.